The van der Waals surface area contributed by atoms with Crippen LogP contribution < -0.4 is 70.2 Å². The maximum atomic E-state index is 7.87. The highest BCUT2D eigenvalue weighted by Crippen LogP contribution is 2.59. The highest BCUT2D eigenvalue weighted by molar-refractivity contribution is 6.94. The van der Waals surface area contributed by atoms with E-state index in [1.165, 1.54) is 52.6 Å². The number of benzene rings is 10. The molecule has 0 atom stereocenters. The lowest BCUT2D eigenvalue weighted by atomic mass is 9.84. The van der Waals surface area contributed by atoms with Crippen molar-refractivity contribution in [1.29, 1.82) is 0 Å². The van der Waals surface area contributed by atoms with Gasteiger partial charge in [-0.2, -0.15) is 0 Å². The van der Waals surface area contributed by atoms with Crippen LogP contribution in [0.3, 0.4) is 0 Å². The Morgan fingerprint density at radius 3 is 0.587 bits per heavy atom. The Morgan fingerprint density at radius 2 is 0.422 bits per heavy atom. The van der Waals surface area contributed by atoms with Crippen molar-refractivity contribution in [3.63, 3.8) is 0 Å². The van der Waals surface area contributed by atoms with Gasteiger partial charge in [-0.05, 0) is 143 Å². The smallest absolute Gasteiger partial charge is 0.138 e. The minimum absolute atomic E-state index is 0.0800. The summed E-state index contributed by atoms with van der Waals surface area (Å²) in [6.07, 6.45) is 0. The molecule has 0 saturated carbocycles. The van der Waals surface area contributed by atoms with Crippen LogP contribution >= 0.6 is 0 Å². The Hall–Kier alpha value is -7.74. The molecule has 0 spiro atoms. The van der Waals surface area contributed by atoms with Gasteiger partial charge < -0.3 is 28.7 Å². The average molecular weight is 1580 g/mol. The van der Waals surface area contributed by atoms with Gasteiger partial charge in [0, 0.05) is 22.5 Å². The number of hydrogen-bond donors (Lipinski definition) is 0. The molecule has 0 aliphatic carbocycles. The molecule has 0 unspecified atom stereocenters. The molecule has 0 bridgehead atoms. The summed E-state index contributed by atoms with van der Waals surface area (Å²) in [7, 11) is -15.3. The Balaban J connectivity index is 1.31. The molecule has 2 aliphatic heterocycles. The number of anilines is 6. The normalized spacial score (nSPS) is 13.9. The van der Waals surface area contributed by atoms with Crippen LogP contribution in [0.4, 0.5) is 34.1 Å². The van der Waals surface area contributed by atoms with E-state index in [1.54, 1.807) is 0 Å². The van der Waals surface area contributed by atoms with E-state index < -0.39 is 64.6 Å². The van der Waals surface area contributed by atoms with Crippen LogP contribution in [0.5, 0.6) is 46.0 Å². The summed E-state index contributed by atoms with van der Waals surface area (Å²) in [5.74, 6) is 6.18. The first-order valence-electron chi connectivity index (χ1n) is 39.5. The van der Waals surface area contributed by atoms with Crippen molar-refractivity contribution >= 4 is 151 Å². The van der Waals surface area contributed by atoms with Gasteiger partial charge in [0.15, 0.2) is 0 Å². The topological polar surface area (TPSA) is 43.4 Å². The Bertz CT molecular complexity index is 4520. The SMILES string of the molecule is CC(C)(C)c1ccc(N2c3cccc(Oc4cc([Si](C)(C)C)cc([Si](C)(C)C)c4)c3C(=C=C3c4c(Oc5cc([Si](C)(C)C)cc([Si](C)(C)C)c5)cccc4N(c4ccc(C(C)(C)C)cc4)c4cccc(Oc5cc([Si](C)(C)C)cc([Si](C)(C)C)c5)c43)c3c(Oc4cc([Si](C)(C)C)cc([Si](C)(C)C)c4)cccc32)cc1. The summed E-state index contributed by atoms with van der Waals surface area (Å²) in [5.41, 5.74) is 18.0. The minimum Gasteiger partial charge on any atom is -0.457 e. The van der Waals surface area contributed by atoms with Crippen molar-refractivity contribution in [1.82, 2.24) is 0 Å². The molecule has 10 aromatic carbocycles. The maximum absolute atomic E-state index is 7.87. The van der Waals surface area contributed by atoms with E-state index in [0.29, 0.717) is 23.0 Å². The van der Waals surface area contributed by atoms with Gasteiger partial charge in [0.05, 0.1) is 110 Å². The summed E-state index contributed by atoms with van der Waals surface area (Å²) < 4.78 is 31.5. The zero-order valence-electron chi connectivity index (χ0n) is 71.5. The van der Waals surface area contributed by atoms with E-state index in [9.17, 15) is 0 Å². The van der Waals surface area contributed by atoms with Crippen LogP contribution in [0.1, 0.15) is 74.9 Å². The second-order valence-electron chi connectivity index (χ2n) is 41.1. The lowest BCUT2D eigenvalue weighted by molar-refractivity contribution is 0.479. The van der Waals surface area contributed by atoms with Crippen LogP contribution in [0.25, 0.3) is 11.1 Å². The van der Waals surface area contributed by atoms with Crippen LogP contribution in [0, 0.1) is 0 Å². The molecule has 0 amide bonds. The highest BCUT2D eigenvalue weighted by Gasteiger charge is 2.40. The Morgan fingerprint density at radius 1 is 0.239 bits per heavy atom. The lowest BCUT2D eigenvalue weighted by Gasteiger charge is -2.37. The summed E-state index contributed by atoms with van der Waals surface area (Å²) in [5, 5.41) is 11.0. The molecule has 0 saturated heterocycles. The second-order valence-corrected chi connectivity index (χ2v) is 81.8. The third-order valence-electron chi connectivity index (χ3n) is 21.7. The molecule has 12 rings (SSSR count). The van der Waals surface area contributed by atoms with Crippen molar-refractivity contribution in [3.8, 4) is 46.0 Å². The second kappa shape index (κ2) is 28.8. The van der Waals surface area contributed by atoms with Crippen molar-refractivity contribution in [3.05, 3.63) is 233 Å². The molecule has 2 aliphatic rings. The van der Waals surface area contributed by atoms with E-state index in [0.717, 1.165) is 90.5 Å². The van der Waals surface area contributed by atoms with E-state index >= 15 is 0 Å². The number of nitrogens with zero attached hydrogens (tertiary/aromatic N) is 2. The maximum Gasteiger partial charge on any atom is 0.138 e. The molecule has 6 nitrogen and oxygen atoms in total. The van der Waals surface area contributed by atoms with Crippen LogP contribution in [-0.2, 0) is 10.8 Å². The van der Waals surface area contributed by atoms with Gasteiger partial charge in [-0.1, -0.05) is 313 Å². The number of ether oxygens (including phenoxy) is 4. The van der Waals surface area contributed by atoms with Crippen molar-refractivity contribution in [2.75, 3.05) is 9.80 Å². The van der Waals surface area contributed by atoms with Gasteiger partial charge in [-0.3, -0.25) is 0 Å². The van der Waals surface area contributed by atoms with Gasteiger partial charge in [-0.15, -0.1) is 5.73 Å². The molecular weight excluding hydrogens is 1460 g/mol. The highest BCUT2D eigenvalue weighted by atomic mass is 28.3. The molecule has 10 aromatic rings. The Labute approximate surface area is 663 Å². The Kier molecular flexibility index (Phi) is 21.3. The minimum atomic E-state index is -1.91. The summed E-state index contributed by atoms with van der Waals surface area (Å²) in [6.45, 7) is 72.5. The van der Waals surface area contributed by atoms with Crippen LogP contribution in [0.15, 0.2) is 200 Å². The summed E-state index contributed by atoms with van der Waals surface area (Å²) in [6, 6.07) is 73.7. The fourth-order valence-corrected chi connectivity index (χ4v) is 24.3. The standard InChI is InChI=1S/C95H122N2O4Si8/c1-94(2,3)64-43-47-66(48-44-64)96-82-35-31-39-86(98-68-51-72(102(7,8)9)59-73(52-68)103(10,11)12)90(82)80(91-83(96)36-32-40-87(91)99-69-53-74(104(13,14)15)60-75(54-69)105(16,17)18)63-81-92-84(37-33-41-88(92)100-70-55-76(106(19,20)21)61-77(56-70)107(22,23)24)97(67-49-45-65(46-50-67)95(4,5)6)85-38-34-42-89(93(81)85)101-71-57-78(108(25,26)27)62-79(58-71)109(28,29)30/h31-62H,1-30H3. The molecule has 0 radical (unpaired) electrons. The van der Waals surface area contributed by atoms with E-state index in [4.69, 9.17) is 18.9 Å². The zero-order chi connectivity index (χ0) is 79.6. The third kappa shape index (κ3) is 17.3. The predicted molar refractivity (Wildman–Crippen MR) is 498 cm³/mol. The quantitative estimate of drug-likeness (QED) is 0.0630. The van der Waals surface area contributed by atoms with Gasteiger partial charge in [-0.25, -0.2) is 0 Å². The number of fused-ring (bicyclic) bond motifs is 4. The lowest BCUT2D eigenvalue weighted by Crippen LogP contribution is -2.45. The van der Waals surface area contributed by atoms with E-state index in [1.807, 2.05) is 0 Å². The first kappa shape index (κ1) is 80.8. The van der Waals surface area contributed by atoms with Crippen molar-refractivity contribution < 1.29 is 18.9 Å². The molecule has 0 fully saturated rings. The van der Waals surface area contributed by atoms with Gasteiger partial charge in [0.2, 0.25) is 0 Å². The van der Waals surface area contributed by atoms with Crippen molar-refractivity contribution in [2.45, 2.75) is 210 Å². The average Bonchev–Trinajstić information content (AvgIpc) is 0.713. The monoisotopic (exact) mass is 1580 g/mol. The van der Waals surface area contributed by atoms with E-state index in [2.05, 4.69) is 408 Å². The largest absolute Gasteiger partial charge is 0.457 e. The first-order valence-corrected chi connectivity index (χ1v) is 67.5. The number of rotatable bonds is 18. The molecule has 0 N–H and O–H groups in total. The molecule has 568 valence electrons. The van der Waals surface area contributed by atoms with Gasteiger partial charge >= 0.3 is 0 Å². The van der Waals surface area contributed by atoms with E-state index in [-0.39, 0.29) is 10.8 Å². The van der Waals surface area contributed by atoms with Gasteiger partial charge in [0.1, 0.15) is 46.0 Å². The molecule has 14 heteroatoms. The molecule has 109 heavy (non-hydrogen) atoms. The fraction of sp³-hybridized carbons (Fsp3) is 0.337. The predicted octanol–water partition coefficient (Wildman–Crippen LogP) is 24.5. The molecule has 0 aromatic heterocycles. The zero-order valence-corrected chi connectivity index (χ0v) is 79.5. The third-order valence-corrected chi connectivity index (χ3v) is 37.8. The molecular formula is C95H122N2O4Si8. The number of hydrogen-bond acceptors (Lipinski definition) is 6. The van der Waals surface area contributed by atoms with Gasteiger partial charge in [0.25, 0.3) is 0 Å². The van der Waals surface area contributed by atoms with Crippen LogP contribution in [-0.4, -0.2) is 64.6 Å². The molecule has 2 heterocycles. The first-order chi connectivity index (χ1) is 50.3. The fourth-order valence-electron chi connectivity index (χ4n) is 14.4. The summed E-state index contributed by atoms with van der Waals surface area (Å²) in [4.78, 5) is 4.89. The van der Waals surface area contributed by atoms with Crippen molar-refractivity contribution in [2.24, 2.45) is 0 Å². The van der Waals surface area contributed by atoms with Crippen LogP contribution in [0.2, 0.25) is 157 Å². The summed E-state index contributed by atoms with van der Waals surface area (Å²) >= 11 is 0.